The van der Waals surface area contributed by atoms with Gasteiger partial charge in [-0.15, -0.1) is 0 Å². The average Bonchev–Trinajstić information content (AvgIpc) is 3.20. The Morgan fingerprint density at radius 1 is 0.963 bits per heavy atom. The second-order valence-corrected chi connectivity index (χ2v) is 6.70. The van der Waals surface area contributed by atoms with Crippen LogP contribution in [0, 0.1) is 6.92 Å². The first kappa shape index (κ1) is 17.2. The van der Waals surface area contributed by atoms with Gasteiger partial charge < -0.3 is 9.80 Å². The number of aryl methyl sites for hydroxylation is 1. The van der Waals surface area contributed by atoms with Crippen molar-refractivity contribution in [2.24, 2.45) is 0 Å². The molecule has 0 radical (unpaired) electrons. The average molecular weight is 362 g/mol. The van der Waals surface area contributed by atoms with Crippen molar-refractivity contribution in [3.63, 3.8) is 0 Å². The van der Waals surface area contributed by atoms with Gasteiger partial charge in [0.05, 0.1) is 12.1 Å². The van der Waals surface area contributed by atoms with Gasteiger partial charge in [0.25, 0.3) is 0 Å². The standard InChI is InChI=1S/C20H22N6O/c1-16-7-5-6-8-17(16)15-19(27)24-11-13-25(14-12-24)20-21-22-23-26(20)18-9-3-2-4-10-18/h2-10H,11-15H2,1H3. The van der Waals surface area contributed by atoms with E-state index in [1.165, 1.54) is 0 Å². The van der Waals surface area contributed by atoms with Gasteiger partial charge in [-0.05, 0) is 40.6 Å². The van der Waals surface area contributed by atoms with Crippen molar-refractivity contribution in [3.05, 3.63) is 65.7 Å². The molecule has 7 heteroatoms. The number of piperazine rings is 1. The van der Waals surface area contributed by atoms with Gasteiger partial charge in [-0.2, -0.15) is 4.68 Å². The van der Waals surface area contributed by atoms with Gasteiger partial charge in [-0.1, -0.05) is 47.6 Å². The van der Waals surface area contributed by atoms with Crippen LogP contribution < -0.4 is 4.90 Å². The molecule has 1 aromatic heterocycles. The zero-order valence-corrected chi connectivity index (χ0v) is 15.3. The summed E-state index contributed by atoms with van der Waals surface area (Å²) >= 11 is 0. The highest BCUT2D eigenvalue weighted by Crippen LogP contribution is 2.18. The molecule has 0 unspecified atom stereocenters. The summed E-state index contributed by atoms with van der Waals surface area (Å²) in [6, 6.07) is 17.9. The Balaban J connectivity index is 1.41. The van der Waals surface area contributed by atoms with Crippen LogP contribution in [0.2, 0.25) is 0 Å². The molecule has 0 bridgehead atoms. The van der Waals surface area contributed by atoms with Crippen LogP contribution >= 0.6 is 0 Å². The molecule has 1 aliphatic heterocycles. The number of para-hydroxylation sites is 1. The maximum absolute atomic E-state index is 12.7. The zero-order valence-electron chi connectivity index (χ0n) is 15.3. The summed E-state index contributed by atoms with van der Waals surface area (Å²) < 4.78 is 1.74. The largest absolute Gasteiger partial charge is 0.339 e. The van der Waals surface area contributed by atoms with Crippen LogP contribution in [0.5, 0.6) is 0 Å². The lowest BCUT2D eigenvalue weighted by Gasteiger charge is -2.35. The number of rotatable bonds is 4. The number of hydrogen-bond donors (Lipinski definition) is 0. The van der Waals surface area contributed by atoms with E-state index in [9.17, 15) is 4.79 Å². The van der Waals surface area contributed by atoms with E-state index < -0.39 is 0 Å². The van der Waals surface area contributed by atoms with Crippen LogP contribution in [-0.2, 0) is 11.2 Å². The van der Waals surface area contributed by atoms with Crippen LogP contribution in [-0.4, -0.2) is 57.2 Å². The summed E-state index contributed by atoms with van der Waals surface area (Å²) in [6.07, 6.45) is 0.453. The molecular formula is C20H22N6O. The molecule has 0 aliphatic carbocycles. The Morgan fingerprint density at radius 2 is 1.67 bits per heavy atom. The fourth-order valence-corrected chi connectivity index (χ4v) is 3.35. The van der Waals surface area contributed by atoms with Gasteiger partial charge in [-0.3, -0.25) is 4.79 Å². The van der Waals surface area contributed by atoms with Gasteiger partial charge in [0.1, 0.15) is 0 Å². The lowest BCUT2D eigenvalue weighted by Crippen LogP contribution is -2.50. The molecule has 138 valence electrons. The number of benzene rings is 2. The first-order valence-electron chi connectivity index (χ1n) is 9.13. The number of aromatic nitrogens is 4. The molecule has 4 rings (SSSR count). The minimum atomic E-state index is 0.173. The molecule has 2 aromatic carbocycles. The molecule has 0 N–H and O–H groups in total. The Kier molecular flexibility index (Phi) is 4.82. The van der Waals surface area contributed by atoms with Crippen molar-refractivity contribution in [2.75, 3.05) is 31.1 Å². The smallest absolute Gasteiger partial charge is 0.250 e. The Labute approximate surface area is 158 Å². The number of hydrogen-bond acceptors (Lipinski definition) is 5. The normalized spacial score (nSPS) is 14.4. The highest BCUT2D eigenvalue weighted by Gasteiger charge is 2.25. The first-order valence-corrected chi connectivity index (χ1v) is 9.13. The minimum Gasteiger partial charge on any atom is -0.339 e. The number of carbonyl (C=O) groups is 1. The summed E-state index contributed by atoms with van der Waals surface area (Å²) in [5.74, 6) is 0.888. The third-order valence-electron chi connectivity index (χ3n) is 4.97. The predicted molar refractivity (Wildman–Crippen MR) is 103 cm³/mol. The monoisotopic (exact) mass is 362 g/mol. The number of amides is 1. The van der Waals surface area contributed by atoms with Crippen molar-refractivity contribution in [2.45, 2.75) is 13.3 Å². The molecule has 1 fully saturated rings. The highest BCUT2D eigenvalue weighted by molar-refractivity contribution is 5.79. The second-order valence-electron chi connectivity index (χ2n) is 6.70. The van der Waals surface area contributed by atoms with Crippen LogP contribution in [0.4, 0.5) is 5.95 Å². The number of carbonyl (C=O) groups excluding carboxylic acids is 1. The molecule has 1 saturated heterocycles. The van der Waals surface area contributed by atoms with E-state index in [1.807, 2.05) is 66.4 Å². The molecule has 0 atom stereocenters. The minimum absolute atomic E-state index is 0.173. The highest BCUT2D eigenvalue weighted by atomic mass is 16.2. The van der Waals surface area contributed by atoms with Gasteiger partial charge in [0.2, 0.25) is 11.9 Å². The molecule has 7 nitrogen and oxygen atoms in total. The molecule has 1 amide bonds. The van der Waals surface area contributed by atoms with E-state index in [0.29, 0.717) is 38.5 Å². The van der Waals surface area contributed by atoms with Crippen molar-refractivity contribution in [3.8, 4) is 5.69 Å². The maximum atomic E-state index is 12.7. The third kappa shape index (κ3) is 3.67. The summed E-state index contributed by atoms with van der Waals surface area (Å²) in [5.41, 5.74) is 3.18. The van der Waals surface area contributed by atoms with E-state index in [2.05, 4.69) is 20.4 Å². The Bertz CT molecular complexity index is 915. The van der Waals surface area contributed by atoms with E-state index in [4.69, 9.17) is 0 Å². The van der Waals surface area contributed by atoms with Crippen LogP contribution in [0.3, 0.4) is 0 Å². The molecule has 3 aromatic rings. The van der Waals surface area contributed by atoms with Gasteiger partial charge in [-0.25, -0.2) is 0 Å². The Morgan fingerprint density at radius 3 is 2.41 bits per heavy atom. The molecule has 0 spiro atoms. The van der Waals surface area contributed by atoms with E-state index >= 15 is 0 Å². The fraction of sp³-hybridized carbons (Fsp3) is 0.300. The molecule has 0 saturated carbocycles. The van der Waals surface area contributed by atoms with E-state index in [-0.39, 0.29) is 5.91 Å². The van der Waals surface area contributed by atoms with Crippen molar-refractivity contribution in [1.82, 2.24) is 25.1 Å². The Hall–Kier alpha value is -3.22. The lowest BCUT2D eigenvalue weighted by atomic mass is 10.1. The third-order valence-corrected chi connectivity index (χ3v) is 4.97. The summed E-state index contributed by atoms with van der Waals surface area (Å²) in [5, 5.41) is 12.1. The second kappa shape index (κ2) is 7.57. The van der Waals surface area contributed by atoms with Gasteiger partial charge in [0.15, 0.2) is 0 Å². The van der Waals surface area contributed by atoms with Gasteiger partial charge in [0, 0.05) is 26.2 Å². The van der Waals surface area contributed by atoms with Crippen LogP contribution in [0.25, 0.3) is 5.69 Å². The first-order chi connectivity index (χ1) is 13.2. The van der Waals surface area contributed by atoms with Crippen molar-refractivity contribution >= 4 is 11.9 Å². The predicted octanol–water partition coefficient (Wildman–Crippen LogP) is 1.86. The SMILES string of the molecule is Cc1ccccc1CC(=O)N1CCN(c2nnnn2-c2ccccc2)CC1. The molecular weight excluding hydrogens is 340 g/mol. The molecule has 2 heterocycles. The van der Waals surface area contributed by atoms with E-state index in [1.54, 1.807) is 4.68 Å². The summed E-state index contributed by atoms with van der Waals surface area (Å²) in [6.45, 7) is 4.82. The fourth-order valence-electron chi connectivity index (χ4n) is 3.35. The summed E-state index contributed by atoms with van der Waals surface area (Å²) in [7, 11) is 0. The summed E-state index contributed by atoms with van der Waals surface area (Å²) in [4.78, 5) is 16.7. The van der Waals surface area contributed by atoms with Crippen LogP contribution in [0.1, 0.15) is 11.1 Å². The van der Waals surface area contributed by atoms with Crippen molar-refractivity contribution < 1.29 is 4.79 Å². The maximum Gasteiger partial charge on any atom is 0.250 e. The zero-order chi connectivity index (χ0) is 18.6. The quantitative estimate of drug-likeness (QED) is 0.709. The number of tetrazole rings is 1. The van der Waals surface area contributed by atoms with Crippen LogP contribution in [0.15, 0.2) is 54.6 Å². The lowest BCUT2D eigenvalue weighted by molar-refractivity contribution is -0.130. The molecule has 1 aliphatic rings. The number of nitrogens with zero attached hydrogens (tertiary/aromatic N) is 6. The molecule has 27 heavy (non-hydrogen) atoms. The van der Waals surface area contributed by atoms with Gasteiger partial charge >= 0.3 is 0 Å². The topological polar surface area (TPSA) is 67.2 Å². The van der Waals surface area contributed by atoms with E-state index in [0.717, 1.165) is 16.8 Å². The van der Waals surface area contributed by atoms with Crippen molar-refractivity contribution in [1.29, 1.82) is 0 Å². The number of anilines is 1.